The van der Waals surface area contributed by atoms with E-state index in [4.69, 9.17) is 0 Å². The van der Waals surface area contributed by atoms with Gasteiger partial charge in [-0.15, -0.1) is 10.2 Å². The Morgan fingerprint density at radius 3 is 2.39 bits per heavy atom. The predicted molar refractivity (Wildman–Crippen MR) is 63.2 cm³/mol. The highest BCUT2D eigenvalue weighted by molar-refractivity contribution is 9.08. The van der Waals surface area contributed by atoms with Crippen LogP contribution in [0.1, 0.15) is 25.5 Å². The zero-order valence-corrected chi connectivity index (χ0v) is 11.8. The lowest BCUT2D eigenvalue weighted by Crippen LogP contribution is -2.18. The van der Waals surface area contributed by atoms with Crippen LogP contribution in [0.25, 0.3) is 0 Å². The summed E-state index contributed by atoms with van der Waals surface area (Å²) in [6.07, 6.45) is -4.32. The maximum absolute atomic E-state index is 12.0. The standard InChI is InChI=1S/C10H15BrF3N3O/c1-7(2)4-17-8(3-11)15-16-9(17)5-18-6-10(12,13)14/h7H,3-6H2,1-2H3. The first-order valence-corrected chi connectivity index (χ1v) is 6.57. The van der Waals surface area contributed by atoms with Gasteiger partial charge in [-0.25, -0.2) is 0 Å². The van der Waals surface area contributed by atoms with Crippen LogP contribution in [0.2, 0.25) is 0 Å². The molecule has 1 rings (SSSR count). The van der Waals surface area contributed by atoms with Crippen molar-refractivity contribution in [3.63, 3.8) is 0 Å². The number of alkyl halides is 4. The number of hydrogen-bond acceptors (Lipinski definition) is 3. The third-order valence-corrected chi connectivity index (χ3v) is 2.57. The van der Waals surface area contributed by atoms with Crippen molar-refractivity contribution in [3.8, 4) is 0 Å². The van der Waals surface area contributed by atoms with Crippen LogP contribution in [-0.4, -0.2) is 27.5 Å². The second-order valence-corrected chi connectivity index (χ2v) is 4.84. The molecule has 4 nitrogen and oxygen atoms in total. The van der Waals surface area contributed by atoms with E-state index in [9.17, 15) is 13.2 Å². The number of halogens is 4. The first-order valence-electron chi connectivity index (χ1n) is 5.45. The Hall–Kier alpha value is -0.630. The Kier molecular flexibility index (Phi) is 5.58. The number of hydrogen-bond donors (Lipinski definition) is 0. The molecule has 1 aromatic heterocycles. The summed E-state index contributed by atoms with van der Waals surface area (Å²) in [7, 11) is 0. The Labute approximate surface area is 112 Å². The average Bonchev–Trinajstić information content (AvgIpc) is 2.58. The minimum absolute atomic E-state index is 0.188. The van der Waals surface area contributed by atoms with Gasteiger partial charge in [0.25, 0.3) is 0 Å². The molecule has 0 aliphatic carbocycles. The van der Waals surface area contributed by atoms with Crippen LogP contribution in [0, 0.1) is 5.92 Å². The van der Waals surface area contributed by atoms with E-state index in [1.165, 1.54) is 0 Å². The maximum Gasteiger partial charge on any atom is 0.411 e. The summed E-state index contributed by atoms with van der Waals surface area (Å²) in [5.74, 6) is 1.46. The third-order valence-electron chi connectivity index (χ3n) is 2.07. The van der Waals surface area contributed by atoms with Crippen molar-refractivity contribution in [1.82, 2.24) is 14.8 Å². The molecule has 0 aromatic carbocycles. The van der Waals surface area contributed by atoms with Crippen molar-refractivity contribution in [1.29, 1.82) is 0 Å². The van der Waals surface area contributed by atoms with Crippen LogP contribution < -0.4 is 0 Å². The van der Waals surface area contributed by atoms with Crippen LogP contribution in [0.15, 0.2) is 0 Å². The SMILES string of the molecule is CC(C)Cn1c(CBr)nnc1COCC(F)(F)F. The monoisotopic (exact) mass is 329 g/mol. The molecule has 0 amide bonds. The molecule has 0 saturated heterocycles. The lowest BCUT2D eigenvalue weighted by atomic mass is 10.2. The highest BCUT2D eigenvalue weighted by Gasteiger charge is 2.27. The lowest BCUT2D eigenvalue weighted by molar-refractivity contribution is -0.177. The molecule has 0 saturated carbocycles. The van der Waals surface area contributed by atoms with E-state index < -0.39 is 12.8 Å². The first kappa shape index (κ1) is 15.4. The van der Waals surface area contributed by atoms with Crippen LogP contribution in [0.4, 0.5) is 13.2 Å². The molecule has 8 heteroatoms. The Balaban J connectivity index is 2.67. The summed E-state index contributed by atoms with van der Waals surface area (Å²) in [6.45, 7) is 3.22. The molecule has 0 unspecified atom stereocenters. The van der Waals surface area contributed by atoms with Crippen molar-refractivity contribution in [2.24, 2.45) is 5.92 Å². The number of nitrogens with zero attached hydrogens (tertiary/aromatic N) is 3. The van der Waals surface area contributed by atoms with Gasteiger partial charge in [0.05, 0.1) is 5.33 Å². The molecule has 0 aliphatic heterocycles. The van der Waals surface area contributed by atoms with Gasteiger partial charge in [-0.2, -0.15) is 13.2 Å². The van der Waals surface area contributed by atoms with Gasteiger partial charge in [-0.3, -0.25) is 0 Å². The molecule has 0 atom stereocenters. The zero-order chi connectivity index (χ0) is 13.8. The average molecular weight is 330 g/mol. The molecule has 104 valence electrons. The molecular formula is C10H15BrF3N3O. The fourth-order valence-corrected chi connectivity index (χ4v) is 1.83. The number of rotatable bonds is 6. The van der Waals surface area contributed by atoms with E-state index in [2.05, 4.69) is 30.9 Å². The fraction of sp³-hybridized carbons (Fsp3) is 0.800. The highest BCUT2D eigenvalue weighted by Crippen LogP contribution is 2.16. The molecular weight excluding hydrogens is 315 g/mol. The normalized spacial score (nSPS) is 12.4. The van der Waals surface area contributed by atoms with E-state index in [0.29, 0.717) is 29.4 Å². The van der Waals surface area contributed by atoms with Crippen molar-refractivity contribution in [3.05, 3.63) is 11.6 Å². The van der Waals surface area contributed by atoms with Gasteiger partial charge in [-0.05, 0) is 5.92 Å². The summed E-state index contributed by atoms with van der Waals surface area (Å²) in [6, 6.07) is 0. The van der Waals surface area contributed by atoms with Gasteiger partial charge in [0.1, 0.15) is 19.0 Å². The number of aromatic nitrogens is 3. The zero-order valence-electron chi connectivity index (χ0n) is 10.2. The van der Waals surface area contributed by atoms with Crippen molar-refractivity contribution < 1.29 is 17.9 Å². The minimum atomic E-state index is -4.32. The summed E-state index contributed by atoms with van der Waals surface area (Å²) in [5.41, 5.74) is 0. The Morgan fingerprint density at radius 2 is 1.89 bits per heavy atom. The van der Waals surface area contributed by atoms with Crippen molar-refractivity contribution in [2.75, 3.05) is 6.61 Å². The molecule has 18 heavy (non-hydrogen) atoms. The number of ether oxygens (including phenoxy) is 1. The van der Waals surface area contributed by atoms with Gasteiger partial charge in [0.15, 0.2) is 5.82 Å². The van der Waals surface area contributed by atoms with E-state index in [-0.39, 0.29) is 6.61 Å². The van der Waals surface area contributed by atoms with Crippen LogP contribution in [0.5, 0.6) is 0 Å². The van der Waals surface area contributed by atoms with E-state index in [0.717, 1.165) is 0 Å². The molecule has 0 aliphatic rings. The van der Waals surface area contributed by atoms with Crippen LogP contribution in [0.3, 0.4) is 0 Å². The summed E-state index contributed by atoms with van der Waals surface area (Å²) in [4.78, 5) is 0. The molecule has 1 heterocycles. The van der Waals surface area contributed by atoms with Crippen LogP contribution >= 0.6 is 15.9 Å². The molecule has 0 bridgehead atoms. The Bertz CT molecular complexity index is 379. The molecule has 0 N–H and O–H groups in total. The van der Waals surface area contributed by atoms with Crippen LogP contribution in [-0.2, 0) is 23.2 Å². The molecule has 1 aromatic rings. The molecule has 0 fully saturated rings. The molecule has 0 radical (unpaired) electrons. The van der Waals surface area contributed by atoms with Gasteiger partial charge in [0.2, 0.25) is 0 Å². The van der Waals surface area contributed by atoms with Crippen molar-refractivity contribution in [2.45, 2.75) is 38.5 Å². The van der Waals surface area contributed by atoms with Gasteiger partial charge >= 0.3 is 6.18 Å². The lowest BCUT2D eigenvalue weighted by Gasteiger charge is -2.12. The highest BCUT2D eigenvalue weighted by atomic mass is 79.9. The summed E-state index contributed by atoms with van der Waals surface area (Å²) >= 11 is 3.27. The van der Waals surface area contributed by atoms with Gasteiger partial charge in [-0.1, -0.05) is 29.8 Å². The van der Waals surface area contributed by atoms with E-state index >= 15 is 0 Å². The van der Waals surface area contributed by atoms with E-state index in [1.54, 1.807) is 4.57 Å². The Morgan fingerprint density at radius 1 is 1.28 bits per heavy atom. The smallest absolute Gasteiger partial charge is 0.364 e. The largest absolute Gasteiger partial charge is 0.411 e. The second kappa shape index (κ2) is 6.51. The fourth-order valence-electron chi connectivity index (χ4n) is 1.41. The van der Waals surface area contributed by atoms with E-state index in [1.807, 2.05) is 13.8 Å². The van der Waals surface area contributed by atoms with Gasteiger partial charge in [0, 0.05) is 6.54 Å². The topological polar surface area (TPSA) is 39.9 Å². The predicted octanol–water partition coefficient (Wildman–Crippen LogP) is 2.91. The first-order chi connectivity index (χ1) is 8.33. The second-order valence-electron chi connectivity index (χ2n) is 4.28. The molecule has 0 spiro atoms. The minimum Gasteiger partial charge on any atom is -0.364 e. The quantitative estimate of drug-likeness (QED) is 0.753. The van der Waals surface area contributed by atoms with Crippen molar-refractivity contribution >= 4 is 15.9 Å². The summed E-state index contributed by atoms with van der Waals surface area (Å²) in [5, 5.41) is 8.26. The maximum atomic E-state index is 12.0. The van der Waals surface area contributed by atoms with Gasteiger partial charge < -0.3 is 9.30 Å². The summed E-state index contributed by atoms with van der Waals surface area (Å²) < 4.78 is 42.3. The third kappa shape index (κ3) is 4.93.